The molecule has 0 radical (unpaired) electrons. The summed E-state index contributed by atoms with van der Waals surface area (Å²) in [7, 11) is 0. The van der Waals surface area contributed by atoms with Crippen LogP contribution in [0.1, 0.15) is 29.2 Å². The fraction of sp³-hybridized carbons (Fsp3) is 0.150. The zero-order chi connectivity index (χ0) is 15.4. The highest BCUT2D eigenvalue weighted by atomic mass is 16.3. The summed E-state index contributed by atoms with van der Waals surface area (Å²) in [6.45, 7) is 0. The molecule has 3 rings (SSSR count). The Morgan fingerprint density at radius 1 is 0.909 bits per heavy atom. The topological polar surface area (TPSA) is 44.0 Å². The third-order valence-electron chi connectivity index (χ3n) is 3.92. The van der Waals surface area contributed by atoms with Gasteiger partial charge in [-0.3, -0.25) is 0 Å². The second-order valence-electron chi connectivity index (χ2n) is 5.47. The number of nitrogens with zero attached hydrogens (tertiary/aromatic N) is 1. The average molecular weight is 287 g/mol. The van der Waals surface area contributed by atoms with E-state index in [4.69, 9.17) is 5.26 Å². The van der Waals surface area contributed by atoms with E-state index in [0.29, 0.717) is 12.0 Å². The van der Waals surface area contributed by atoms with Crippen LogP contribution in [0.2, 0.25) is 0 Å². The van der Waals surface area contributed by atoms with Crippen molar-refractivity contribution in [2.45, 2.75) is 18.9 Å². The summed E-state index contributed by atoms with van der Waals surface area (Å²) in [6.07, 6.45) is 1.09. The standard InChI is InChI=1S/C20H17NO/c21-14-16-7-10-18-12-15(6-9-19(18)13-16)8-11-20(22)17-4-2-1-3-5-17/h1-7,9-10,12-13,20,22H,8,11H2. The number of hydrogen-bond donors (Lipinski definition) is 1. The van der Waals surface area contributed by atoms with Crippen LogP contribution in [-0.2, 0) is 6.42 Å². The van der Waals surface area contributed by atoms with Crippen LogP contribution in [0.25, 0.3) is 10.8 Å². The summed E-state index contributed by atoms with van der Waals surface area (Å²) >= 11 is 0. The Bertz CT molecular complexity index is 818. The van der Waals surface area contributed by atoms with Gasteiger partial charge in [-0.1, -0.05) is 54.6 Å². The maximum Gasteiger partial charge on any atom is 0.0991 e. The van der Waals surface area contributed by atoms with Gasteiger partial charge in [0.25, 0.3) is 0 Å². The molecule has 0 aliphatic heterocycles. The molecular formula is C20H17NO. The summed E-state index contributed by atoms with van der Waals surface area (Å²) in [4.78, 5) is 0. The van der Waals surface area contributed by atoms with Gasteiger partial charge in [-0.05, 0) is 46.9 Å². The lowest BCUT2D eigenvalue weighted by molar-refractivity contribution is 0.168. The summed E-state index contributed by atoms with van der Waals surface area (Å²) in [6, 6.07) is 23.9. The number of nitriles is 1. The zero-order valence-corrected chi connectivity index (χ0v) is 12.2. The van der Waals surface area contributed by atoms with Gasteiger partial charge >= 0.3 is 0 Å². The highest BCUT2D eigenvalue weighted by Gasteiger charge is 2.07. The number of hydrogen-bond acceptors (Lipinski definition) is 2. The average Bonchev–Trinajstić information content (AvgIpc) is 2.59. The van der Waals surface area contributed by atoms with Crippen LogP contribution in [0, 0.1) is 11.3 Å². The highest BCUT2D eigenvalue weighted by Crippen LogP contribution is 2.22. The van der Waals surface area contributed by atoms with Crippen LogP contribution in [-0.4, -0.2) is 5.11 Å². The lowest BCUT2D eigenvalue weighted by Gasteiger charge is -2.11. The quantitative estimate of drug-likeness (QED) is 0.774. The molecule has 3 aromatic carbocycles. The van der Waals surface area contributed by atoms with Crippen molar-refractivity contribution < 1.29 is 5.11 Å². The van der Waals surface area contributed by atoms with Crippen molar-refractivity contribution in [3.8, 4) is 6.07 Å². The lowest BCUT2D eigenvalue weighted by atomic mass is 9.99. The maximum absolute atomic E-state index is 10.2. The molecule has 3 aromatic rings. The molecule has 0 saturated heterocycles. The molecule has 0 fully saturated rings. The second-order valence-corrected chi connectivity index (χ2v) is 5.47. The third-order valence-corrected chi connectivity index (χ3v) is 3.92. The van der Waals surface area contributed by atoms with Crippen molar-refractivity contribution in [1.29, 1.82) is 5.26 Å². The third kappa shape index (κ3) is 3.16. The minimum absolute atomic E-state index is 0.433. The van der Waals surface area contributed by atoms with Gasteiger partial charge in [0.05, 0.1) is 17.7 Å². The Morgan fingerprint density at radius 2 is 1.64 bits per heavy atom. The van der Waals surface area contributed by atoms with Gasteiger partial charge in [-0.2, -0.15) is 5.26 Å². The van der Waals surface area contributed by atoms with Gasteiger partial charge in [0.2, 0.25) is 0 Å². The summed E-state index contributed by atoms with van der Waals surface area (Å²) in [5.41, 5.74) is 2.84. The minimum Gasteiger partial charge on any atom is -0.388 e. The van der Waals surface area contributed by atoms with E-state index in [1.165, 1.54) is 5.56 Å². The van der Waals surface area contributed by atoms with Crippen LogP contribution in [0.3, 0.4) is 0 Å². The van der Waals surface area contributed by atoms with E-state index in [1.54, 1.807) is 0 Å². The minimum atomic E-state index is -0.433. The van der Waals surface area contributed by atoms with Gasteiger partial charge in [-0.15, -0.1) is 0 Å². The Hall–Kier alpha value is -2.63. The zero-order valence-electron chi connectivity index (χ0n) is 12.2. The fourth-order valence-corrected chi connectivity index (χ4v) is 2.67. The number of aliphatic hydroxyl groups excluding tert-OH is 1. The van der Waals surface area contributed by atoms with Crippen LogP contribution in [0.5, 0.6) is 0 Å². The van der Waals surface area contributed by atoms with Crippen LogP contribution in [0.4, 0.5) is 0 Å². The Labute approximate surface area is 130 Å². The molecular weight excluding hydrogens is 270 g/mol. The maximum atomic E-state index is 10.2. The molecule has 0 amide bonds. The van der Waals surface area contributed by atoms with Crippen molar-refractivity contribution in [3.05, 3.63) is 83.4 Å². The van der Waals surface area contributed by atoms with E-state index >= 15 is 0 Å². The predicted molar refractivity (Wildman–Crippen MR) is 88.4 cm³/mol. The summed E-state index contributed by atoms with van der Waals surface area (Å²) in [5.74, 6) is 0. The molecule has 0 heterocycles. The summed E-state index contributed by atoms with van der Waals surface area (Å²) in [5, 5.41) is 21.4. The molecule has 0 saturated carbocycles. The largest absolute Gasteiger partial charge is 0.388 e. The molecule has 0 bridgehead atoms. The SMILES string of the molecule is N#Cc1ccc2cc(CCC(O)c3ccccc3)ccc2c1. The second kappa shape index (κ2) is 6.43. The van der Waals surface area contributed by atoms with Crippen LogP contribution >= 0.6 is 0 Å². The molecule has 1 unspecified atom stereocenters. The first-order valence-corrected chi connectivity index (χ1v) is 7.42. The number of aliphatic hydroxyl groups is 1. The van der Waals surface area contributed by atoms with Crippen molar-refractivity contribution >= 4 is 10.8 Å². The highest BCUT2D eigenvalue weighted by molar-refractivity contribution is 5.84. The molecule has 2 nitrogen and oxygen atoms in total. The van der Waals surface area contributed by atoms with E-state index in [0.717, 1.165) is 22.8 Å². The van der Waals surface area contributed by atoms with E-state index in [-0.39, 0.29) is 0 Å². The lowest BCUT2D eigenvalue weighted by Crippen LogP contribution is -1.99. The predicted octanol–water partition coefficient (Wildman–Crippen LogP) is 4.38. The number of fused-ring (bicyclic) bond motifs is 1. The molecule has 0 spiro atoms. The first kappa shape index (κ1) is 14.3. The monoisotopic (exact) mass is 287 g/mol. The van der Waals surface area contributed by atoms with Crippen LogP contribution < -0.4 is 0 Å². The van der Waals surface area contributed by atoms with Gasteiger partial charge < -0.3 is 5.11 Å². The normalized spacial score (nSPS) is 12.0. The molecule has 1 atom stereocenters. The number of aryl methyl sites for hydroxylation is 1. The van der Waals surface area contributed by atoms with E-state index < -0.39 is 6.10 Å². The van der Waals surface area contributed by atoms with Crippen molar-refractivity contribution in [3.63, 3.8) is 0 Å². The Morgan fingerprint density at radius 3 is 2.41 bits per heavy atom. The smallest absolute Gasteiger partial charge is 0.0991 e. The molecule has 0 aromatic heterocycles. The van der Waals surface area contributed by atoms with Gasteiger partial charge in [-0.25, -0.2) is 0 Å². The van der Waals surface area contributed by atoms with E-state index in [1.807, 2.05) is 54.6 Å². The van der Waals surface area contributed by atoms with Crippen LogP contribution in [0.15, 0.2) is 66.7 Å². The molecule has 2 heteroatoms. The molecule has 108 valence electrons. The molecule has 1 N–H and O–H groups in total. The van der Waals surface area contributed by atoms with E-state index in [2.05, 4.69) is 18.2 Å². The Kier molecular flexibility index (Phi) is 4.18. The van der Waals surface area contributed by atoms with Gasteiger partial charge in [0, 0.05) is 0 Å². The molecule has 0 aliphatic carbocycles. The fourth-order valence-electron chi connectivity index (χ4n) is 2.67. The van der Waals surface area contributed by atoms with Gasteiger partial charge in [0.15, 0.2) is 0 Å². The first-order valence-electron chi connectivity index (χ1n) is 7.42. The first-order chi connectivity index (χ1) is 10.8. The van der Waals surface area contributed by atoms with Crippen molar-refractivity contribution in [1.82, 2.24) is 0 Å². The summed E-state index contributed by atoms with van der Waals surface area (Å²) < 4.78 is 0. The molecule has 0 aliphatic rings. The van der Waals surface area contributed by atoms with E-state index in [9.17, 15) is 5.11 Å². The van der Waals surface area contributed by atoms with Crippen molar-refractivity contribution in [2.75, 3.05) is 0 Å². The van der Waals surface area contributed by atoms with Crippen molar-refractivity contribution in [2.24, 2.45) is 0 Å². The Balaban J connectivity index is 1.73. The number of rotatable bonds is 4. The number of benzene rings is 3. The van der Waals surface area contributed by atoms with Gasteiger partial charge in [0.1, 0.15) is 0 Å². The molecule has 22 heavy (non-hydrogen) atoms.